The van der Waals surface area contributed by atoms with Crippen molar-refractivity contribution in [2.75, 3.05) is 5.32 Å². The summed E-state index contributed by atoms with van der Waals surface area (Å²) in [4.78, 5) is 8.29. The number of hydrogen-bond acceptors (Lipinski definition) is 3. The Balaban J connectivity index is 2.05. The molecular formula is C15H19N3. The number of nitrogens with zero attached hydrogens (tertiary/aromatic N) is 2. The first kappa shape index (κ1) is 12.6. The van der Waals surface area contributed by atoms with Crippen molar-refractivity contribution in [1.29, 1.82) is 0 Å². The van der Waals surface area contributed by atoms with Gasteiger partial charge in [-0.1, -0.05) is 19.9 Å². The lowest BCUT2D eigenvalue weighted by molar-refractivity contribution is 0.856. The zero-order valence-corrected chi connectivity index (χ0v) is 11.1. The van der Waals surface area contributed by atoms with E-state index in [2.05, 4.69) is 54.3 Å². The number of hydrogen-bond donors (Lipinski definition) is 1. The van der Waals surface area contributed by atoms with Crippen molar-refractivity contribution in [1.82, 2.24) is 9.97 Å². The molecule has 1 aromatic heterocycles. The predicted octanol–water partition coefficient (Wildman–Crippen LogP) is 3.52. The average Bonchev–Trinajstić information content (AvgIpc) is 2.37. The highest BCUT2D eigenvalue weighted by molar-refractivity contribution is 5.49. The van der Waals surface area contributed by atoms with Crippen LogP contribution in [0.5, 0.6) is 0 Å². The van der Waals surface area contributed by atoms with Gasteiger partial charge < -0.3 is 5.32 Å². The molecule has 0 saturated heterocycles. The van der Waals surface area contributed by atoms with Gasteiger partial charge in [0.05, 0.1) is 18.4 Å². The molecule has 3 nitrogen and oxygen atoms in total. The van der Waals surface area contributed by atoms with Crippen molar-refractivity contribution in [2.24, 2.45) is 0 Å². The van der Waals surface area contributed by atoms with Crippen molar-refractivity contribution in [3.63, 3.8) is 0 Å². The van der Waals surface area contributed by atoms with Gasteiger partial charge in [-0.2, -0.15) is 0 Å². The molecule has 1 N–H and O–H groups in total. The Morgan fingerprint density at radius 2 is 2.06 bits per heavy atom. The number of aromatic nitrogens is 2. The molecule has 1 heterocycles. The summed E-state index contributed by atoms with van der Waals surface area (Å²) >= 11 is 0. The van der Waals surface area contributed by atoms with Crippen LogP contribution in [0.2, 0.25) is 0 Å². The molecule has 0 spiro atoms. The smallest absolute Gasteiger partial charge is 0.0777 e. The second kappa shape index (κ2) is 5.63. The number of anilines is 1. The Bertz CT molecular complexity index is 506. The number of aryl methyl sites for hydroxylation is 1. The van der Waals surface area contributed by atoms with Crippen LogP contribution in [-0.2, 0) is 6.54 Å². The van der Waals surface area contributed by atoms with Crippen LogP contribution in [0.4, 0.5) is 5.69 Å². The standard InChI is InChI=1S/C15H19N3/c1-11(2)15-5-4-13(8-12(15)3)18-10-14-9-16-6-7-17-14/h4-9,11,18H,10H2,1-3H3. The minimum absolute atomic E-state index is 0.569. The molecule has 94 valence electrons. The average molecular weight is 241 g/mol. The third kappa shape index (κ3) is 3.06. The molecule has 0 aliphatic rings. The summed E-state index contributed by atoms with van der Waals surface area (Å²) in [6.07, 6.45) is 5.18. The fraction of sp³-hybridized carbons (Fsp3) is 0.333. The van der Waals surface area contributed by atoms with E-state index in [0.29, 0.717) is 12.5 Å². The molecule has 2 aromatic rings. The topological polar surface area (TPSA) is 37.8 Å². The Hall–Kier alpha value is -1.90. The van der Waals surface area contributed by atoms with Gasteiger partial charge in [0.1, 0.15) is 0 Å². The Morgan fingerprint density at radius 3 is 2.67 bits per heavy atom. The molecule has 0 aliphatic heterocycles. The van der Waals surface area contributed by atoms with Gasteiger partial charge in [-0.15, -0.1) is 0 Å². The lowest BCUT2D eigenvalue weighted by Gasteiger charge is -2.12. The molecule has 0 fully saturated rings. The van der Waals surface area contributed by atoms with Gasteiger partial charge in [0, 0.05) is 18.1 Å². The fourth-order valence-corrected chi connectivity index (χ4v) is 2.05. The van der Waals surface area contributed by atoms with Gasteiger partial charge in [0.15, 0.2) is 0 Å². The molecule has 2 rings (SSSR count). The molecular weight excluding hydrogens is 222 g/mol. The van der Waals surface area contributed by atoms with E-state index in [1.165, 1.54) is 11.1 Å². The summed E-state index contributed by atoms with van der Waals surface area (Å²) in [6.45, 7) is 7.29. The van der Waals surface area contributed by atoms with Crippen molar-refractivity contribution in [3.8, 4) is 0 Å². The van der Waals surface area contributed by atoms with Crippen LogP contribution in [0.1, 0.15) is 36.6 Å². The van der Waals surface area contributed by atoms with Crippen LogP contribution in [0.25, 0.3) is 0 Å². The molecule has 0 radical (unpaired) electrons. The Labute approximate surface area is 108 Å². The molecule has 0 aliphatic carbocycles. The number of nitrogens with one attached hydrogen (secondary N) is 1. The summed E-state index contributed by atoms with van der Waals surface area (Å²) in [5.41, 5.74) is 4.81. The van der Waals surface area contributed by atoms with E-state index in [4.69, 9.17) is 0 Å². The van der Waals surface area contributed by atoms with Crippen LogP contribution in [0.3, 0.4) is 0 Å². The summed E-state index contributed by atoms with van der Waals surface area (Å²) < 4.78 is 0. The second-order valence-electron chi connectivity index (χ2n) is 4.78. The van der Waals surface area contributed by atoms with Gasteiger partial charge in [-0.3, -0.25) is 9.97 Å². The van der Waals surface area contributed by atoms with E-state index < -0.39 is 0 Å². The maximum absolute atomic E-state index is 4.24. The Kier molecular flexibility index (Phi) is 3.92. The van der Waals surface area contributed by atoms with Crippen LogP contribution < -0.4 is 5.32 Å². The van der Waals surface area contributed by atoms with Gasteiger partial charge in [0.2, 0.25) is 0 Å². The molecule has 0 saturated carbocycles. The summed E-state index contributed by atoms with van der Waals surface area (Å²) in [6, 6.07) is 6.50. The quantitative estimate of drug-likeness (QED) is 0.890. The van der Waals surface area contributed by atoms with Gasteiger partial charge in [-0.25, -0.2) is 0 Å². The third-order valence-electron chi connectivity index (χ3n) is 2.98. The van der Waals surface area contributed by atoms with E-state index in [1.807, 2.05) is 0 Å². The molecule has 0 unspecified atom stereocenters. The zero-order valence-electron chi connectivity index (χ0n) is 11.1. The van der Waals surface area contributed by atoms with E-state index in [9.17, 15) is 0 Å². The normalized spacial score (nSPS) is 10.7. The van der Waals surface area contributed by atoms with Crippen molar-refractivity contribution in [3.05, 3.63) is 53.6 Å². The van der Waals surface area contributed by atoms with Crippen molar-refractivity contribution < 1.29 is 0 Å². The maximum atomic E-state index is 4.24. The van der Waals surface area contributed by atoms with Crippen molar-refractivity contribution >= 4 is 5.69 Å². The molecule has 3 heteroatoms. The molecule has 0 amide bonds. The van der Waals surface area contributed by atoms with Crippen LogP contribution in [0.15, 0.2) is 36.8 Å². The first-order valence-electron chi connectivity index (χ1n) is 6.26. The lowest BCUT2D eigenvalue weighted by atomic mass is 9.98. The van der Waals surface area contributed by atoms with E-state index in [-0.39, 0.29) is 0 Å². The second-order valence-corrected chi connectivity index (χ2v) is 4.78. The van der Waals surface area contributed by atoms with E-state index in [0.717, 1.165) is 11.4 Å². The molecule has 0 atom stereocenters. The van der Waals surface area contributed by atoms with E-state index >= 15 is 0 Å². The minimum Gasteiger partial charge on any atom is -0.379 e. The zero-order chi connectivity index (χ0) is 13.0. The summed E-state index contributed by atoms with van der Waals surface area (Å²) in [7, 11) is 0. The third-order valence-corrected chi connectivity index (χ3v) is 2.98. The monoisotopic (exact) mass is 241 g/mol. The van der Waals surface area contributed by atoms with Gasteiger partial charge in [-0.05, 0) is 36.1 Å². The van der Waals surface area contributed by atoms with Gasteiger partial charge in [0.25, 0.3) is 0 Å². The van der Waals surface area contributed by atoms with Gasteiger partial charge >= 0.3 is 0 Å². The number of rotatable bonds is 4. The largest absolute Gasteiger partial charge is 0.379 e. The minimum atomic E-state index is 0.569. The molecule has 1 aromatic carbocycles. The summed E-state index contributed by atoms with van der Waals surface area (Å²) in [5, 5.41) is 3.37. The summed E-state index contributed by atoms with van der Waals surface area (Å²) in [5.74, 6) is 0.569. The fourth-order valence-electron chi connectivity index (χ4n) is 2.05. The highest BCUT2D eigenvalue weighted by Gasteiger charge is 2.04. The van der Waals surface area contributed by atoms with Crippen LogP contribution in [0, 0.1) is 6.92 Å². The molecule has 18 heavy (non-hydrogen) atoms. The van der Waals surface area contributed by atoms with Crippen LogP contribution >= 0.6 is 0 Å². The molecule has 0 bridgehead atoms. The Morgan fingerprint density at radius 1 is 1.22 bits per heavy atom. The highest BCUT2D eigenvalue weighted by Crippen LogP contribution is 2.22. The predicted molar refractivity (Wildman–Crippen MR) is 74.6 cm³/mol. The lowest BCUT2D eigenvalue weighted by Crippen LogP contribution is -2.02. The highest BCUT2D eigenvalue weighted by atomic mass is 14.9. The maximum Gasteiger partial charge on any atom is 0.0777 e. The van der Waals surface area contributed by atoms with E-state index in [1.54, 1.807) is 18.6 Å². The van der Waals surface area contributed by atoms with Crippen molar-refractivity contribution in [2.45, 2.75) is 33.2 Å². The first-order valence-corrected chi connectivity index (χ1v) is 6.26. The SMILES string of the molecule is Cc1cc(NCc2cnccn2)ccc1C(C)C. The first-order chi connectivity index (χ1) is 8.66. The van der Waals surface area contributed by atoms with Crippen LogP contribution in [-0.4, -0.2) is 9.97 Å². The number of benzene rings is 1.